The molecule has 7 nitrogen and oxygen atoms in total. The van der Waals surface area contributed by atoms with Crippen LogP contribution in [0.3, 0.4) is 0 Å². The van der Waals surface area contributed by atoms with Gasteiger partial charge in [0.2, 0.25) is 0 Å². The van der Waals surface area contributed by atoms with Gasteiger partial charge in [-0.3, -0.25) is 10.00 Å². The van der Waals surface area contributed by atoms with Gasteiger partial charge in [0.15, 0.2) is 0 Å². The number of nitrogens with zero attached hydrogens (tertiary/aromatic N) is 2. The van der Waals surface area contributed by atoms with Gasteiger partial charge >= 0.3 is 5.97 Å². The third kappa shape index (κ3) is 3.65. The Morgan fingerprint density at radius 1 is 1.34 bits per heavy atom. The van der Waals surface area contributed by atoms with E-state index < -0.39 is 5.97 Å². The van der Waals surface area contributed by atoms with Crippen molar-refractivity contribution < 1.29 is 19.4 Å². The minimum absolute atomic E-state index is 0.0744. The summed E-state index contributed by atoms with van der Waals surface area (Å²) in [4.78, 5) is 13.8. The topological polar surface area (TPSA) is 87.7 Å². The van der Waals surface area contributed by atoms with Gasteiger partial charge in [-0.15, -0.1) is 0 Å². The highest BCUT2D eigenvalue weighted by Crippen LogP contribution is 2.45. The number of carboxylic acid groups (broad SMARTS) is 1. The molecule has 0 radical (unpaired) electrons. The van der Waals surface area contributed by atoms with Crippen LogP contribution in [0.1, 0.15) is 58.8 Å². The molecular formula is C25H29N3O4. The summed E-state index contributed by atoms with van der Waals surface area (Å²) in [5.41, 5.74) is 4.63. The number of aromatic nitrogens is 2. The lowest BCUT2D eigenvalue weighted by molar-refractivity contribution is -0.0676. The molecule has 32 heavy (non-hydrogen) atoms. The summed E-state index contributed by atoms with van der Waals surface area (Å²) in [6.07, 6.45) is 5.97. The first kappa shape index (κ1) is 21.0. The first-order valence-corrected chi connectivity index (χ1v) is 11.2. The van der Waals surface area contributed by atoms with Crippen LogP contribution < -0.4 is 4.74 Å². The Morgan fingerprint density at radius 2 is 2.16 bits per heavy atom. The summed E-state index contributed by atoms with van der Waals surface area (Å²) < 4.78 is 12.0. The quantitative estimate of drug-likeness (QED) is 0.615. The van der Waals surface area contributed by atoms with Crippen molar-refractivity contribution in [2.75, 3.05) is 20.3 Å². The number of aromatic carboxylic acids is 1. The van der Waals surface area contributed by atoms with Gasteiger partial charge < -0.3 is 14.6 Å². The molecule has 2 aliphatic rings. The summed E-state index contributed by atoms with van der Waals surface area (Å²) in [5.74, 6) is -0.0341. The Balaban J connectivity index is 1.52. The molecule has 0 bridgehead atoms. The van der Waals surface area contributed by atoms with Crippen LogP contribution in [0.15, 0.2) is 36.5 Å². The number of rotatable bonds is 5. The molecule has 3 aromatic rings. The summed E-state index contributed by atoms with van der Waals surface area (Å²) in [7, 11) is 1.71. The van der Waals surface area contributed by atoms with E-state index in [0.29, 0.717) is 5.56 Å². The van der Waals surface area contributed by atoms with E-state index in [1.54, 1.807) is 19.2 Å². The zero-order valence-electron chi connectivity index (χ0n) is 18.6. The molecule has 0 amide bonds. The number of likely N-dealkylation sites (tertiary alicyclic amines) is 1. The van der Waals surface area contributed by atoms with Gasteiger partial charge in [0.05, 0.1) is 30.0 Å². The molecule has 7 heteroatoms. The Bertz CT molecular complexity index is 1130. The number of carboxylic acids is 1. The molecule has 2 N–H and O–H groups in total. The number of aryl methyl sites for hydroxylation is 1. The van der Waals surface area contributed by atoms with E-state index in [9.17, 15) is 9.90 Å². The van der Waals surface area contributed by atoms with E-state index in [0.717, 1.165) is 78.7 Å². The highest BCUT2D eigenvalue weighted by atomic mass is 16.5. The number of carbonyl (C=O) groups is 1. The van der Waals surface area contributed by atoms with E-state index in [4.69, 9.17) is 9.47 Å². The first-order valence-electron chi connectivity index (χ1n) is 11.2. The maximum absolute atomic E-state index is 11.3. The second-order valence-electron chi connectivity index (χ2n) is 9.04. The zero-order valence-corrected chi connectivity index (χ0v) is 18.6. The van der Waals surface area contributed by atoms with Gasteiger partial charge in [-0.2, -0.15) is 5.10 Å². The SMILES string of the molecule is COc1cc(C)c2[nH]ncc2c1CN1CC[C@@]2(CCCO2)C[C@H]1c1ccc(C(=O)O)cc1. The van der Waals surface area contributed by atoms with Crippen molar-refractivity contribution >= 4 is 16.9 Å². The lowest BCUT2D eigenvalue weighted by Gasteiger charge is -2.45. The average Bonchev–Trinajstić information content (AvgIpc) is 3.47. The summed E-state index contributed by atoms with van der Waals surface area (Å²) in [6, 6.07) is 9.51. The lowest BCUT2D eigenvalue weighted by Crippen LogP contribution is -2.45. The number of hydrogen-bond donors (Lipinski definition) is 2. The van der Waals surface area contributed by atoms with Crippen LogP contribution in [0.5, 0.6) is 5.75 Å². The molecule has 1 spiro atoms. The maximum atomic E-state index is 11.3. The predicted molar refractivity (Wildman–Crippen MR) is 121 cm³/mol. The maximum Gasteiger partial charge on any atom is 0.335 e. The number of nitrogens with one attached hydrogen (secondary N) is 1. The Labute approximate surface area is 187 Å². The predicted octanol–water partition coefficient (Wildman–Crippen LogP) is 4.46. The number of aromatic amines is 1. The molecule has 2 atom stereocenters. The van der Waals surface area contributed by atoms with Gasteiger partial charge in [-0.05, 0) is 61.9 Å². The lowest BCUT2D eigenvalue weighted by atomic mass is 9.81. The van der Waals surface area contributed by atoms with Gasteiger partial charge in [0.25, 0.3) is 0 Å². The molecule has 3 heterocycles. The van der Waals surface area contributed by atoms with Crippen LogP contribution in [0.4, 0.5) is 0 Å². The summed E-state index contributed by atoms with van der Waals surface area (Å²) in [6.45, 7) is 4.51. The van der Waals surface area contributed by atoms with Gasteiger partial charge in [-0.1, -0.05) is 12.1 Å². The van der Waals surface area contributed by atoms with E-state index >= 15 is 0 Å². The molecule has 168 valence electrons. The second kappa shape index (κ2) is 8.22. The van der Waals surface area contributed by atoms with Crippen LogP contribution in [-0.2, 0) is 11.3 Å². The number of hydrogen-bond acceptors (Lipinski definition) is 5. The monoisotopic (exact) mass is 435 g/mol. The molecule has 2 aliphatic heterocycles. The zero-order chi connectivity index (χ0) is 22.3. The van der Waals surface area contributed by atoms with E-state index in [-0.39, 0.29) is 11.6 Å². The Morgan fingerprint density at radius 3 is 2.84 bits per heavy atom. The number of piperidine rings is 1. The molecule has 1 aromatic heterocycles. The first-order chi connectivity index (χ1) is 15.5. The molecule has 0 saturated carbocycles. The van der Waals surface area contributed by atoms with Crippen molar-refractivity contribution in [1.82, 2.24) is 15.1 Å². The van der Waals surface area contributed by atoms with Crippen molar-refractivity contribution in [2.45, 2.75) is 50.8 Å². The highest BCUT2D eigenvalue weighted by molar-refractivity contribution is 5.88. The van der Waals surface area contributed by atoms with Crippen LogP contribution in [0, 0.1) is 6.92 Å². The van der Waals surface area contributed by atoms with Gasteiger partial charge in [0, 0.05) is 36.7 Å². The van der Waals surface area contributed by atoms with Crippen molar-refractivity contribution in [1.29, 1.82) is 0 Å². The number of benzene rings is 2. The smallest absolute Gasteiger partial charge is 0.335 e. The normalized spacial score (nSPS) is 23.8. The van der Waals surface area contributed by atoms with Crippen molar-refractivity contribution in [3.05, 3.63) is 58.8 Å². The molecular weight excluding hydrogens is 406 g/mol. The summed E-state index contributed by atoms with van der Waals surface area (Å²) >= 11 is 0. The van der Waals surface area contributed by atoms with Crippen LogP contribution in [-0.4, -0.2) is 52.0 Å². The fraction of sp³-hybridized carbons (Fsp3) is 0.440. The highest BCUT2D eigenvalue weighted by Gasteiger charge is 2.43. The third-order valence-electron chi connectivity index (χ3n) is 7.17. The minimum atomic E-state index is -0.903. The van der Waals surface area contributed by atoms with Crippen molar-refractivity contribution in [3.63, 3.8) is 0 Å². The van der Waals surface area contributed by atoms with Crippen molar-refractivity contribution in [3.8, 4) is 5.75 Å². The van der Waals surface area contributed by atoms with Crippen LogP contribution in [0.25, 0.3) is 10.9 Å². The van der Waals surface area contributed by atoms with E-state index in [1.165, 1.54) is 0 Å². The molecule has 0 aliphatic carbocycles. The van der Waals surface area contributed by atoms with Gasteiger partial charge in [-0.25, -0.2) is 4.79 Å². The third-order valence-corrected chi connectivity index (χ3v) is 7.17. The Kier molecular flexibility index (Phi) is 5.39. The average molecular weight is 436 g/mol. The van der Waals surface area contributed by atoms with Crippen molar-refractivity contribution in [2.24, 2.45) is 0 Å². The minimum Gasteiger partial charge on any atom is -0.496 e. The number of fused-ring (bicyclic) bond motifs is 1. The van der Waals surface area contributed by atoms with Crippen LogP contribution >= 0.6 is 0 Å². The molecule has 5 rings (SSSR count). The molecule has 2 saturated heterocycles. The molecule has 2 fully saturated rings. The summed E-state index contributed by atoms with van der Waals surface area (Å²) in [5, 5.41) is 17.8. The fourth-order valence-corrected chi connectivity index (χ4v) is 5.42. The number of ether oxygens (including phenoxy) is 2. The van der Waals surface area contributed by atoms with E-state index in [1.807, 2.05) is 18.3 Å². The fourth-order valence-electron chi connectivity index (χ4n) is 5.42. The standard InChI is InChI=1S/C25H29N3O4/c1-16-12-22(31-2)20(19-14-26-27-23(16)19)15-28-10-9-25(8-3-11-32-25)13-21(28)17-4-6-18(7-5-17)24(29)30/h4-7,12,14,21H,3,8-11,13,15H2,1-2H3,(H,26,27)(H,29,30)/t21-,25-/m0/s1. The van der Waals surface area contributed by atoms with Gasteiger partial charge in [0.1, 0.15) is 5.75 Å². The van der Waals surface area contributed by atoms with Crippen LogP contribution in [0.2, 0.25) is 0 Å². The van der Waals surface area contributed by atoms with E-state index in [2.05, 4.69) is 28.1 Å². The molecule has 2 aromatic carbocycles. The largest absolute Gasteiger partial charge is 0.496 e. The molecule has 0 unspecified atom stereocenters. The Hall–Kier alpha value is -2.90. The second-order valence-corrected chi connectivity index (χ2v) is 9.04. The number of methoxy groups -OCH3 is 1. The number of H-pyrrole nitrogens is 1.